The number of Topliss-reactive ketones (excluding diaryl/α,β-unsaturated/α-hetero) is 2. The molecule has 0 radical (unpaired) electrons. The van der Waals surface area contributed by atoms with E-state index >= 15 is 0 Å². The molecule has 0 bridgehead atoms. The van der Waals surface area contributed by atoms with Crippen LogP contribution in [0.3, 0.4) is 0 Å². The second kappa shape index (κ2) is 4.74. The second-order valence-electron chi connectivity index (χ2n) is 3.97. The molecule has 0 spiro atoms. The number of carboxylic acid groups (broad SMARTS) is 1. The van der Waals surface area contributed by atoms with Crippen molar-refractivity contribution in [2.75, 3.05) is 0 Å². The quantitative estimate of drug-likeness (QED) is 0.666. The molecule has 0 aromatic heterocycles. The number of rotatable bonds is 2. The minimum Gasteiger partial charge on any atom is -0.475 e. The van der Waals surface area contributed by atoms with Gasteiger partial charge in [0.2, 0.25) is 0 Å². The predicted molar refractivity (Wildman–Crippen MR) is 67.2 cm³/mol. The number of ketones is 2. The van der Waals surface area contributed by atoms with E-state index in [1.165, 1.54) is 17.8 Å². The molecule has 1 N–H and O–H groups in total. The molecule has 1 aliphatic heterocycles. The van der Waals surface area contributed by atoms with Crippen molar-refractivity contribution in [3.63, 3.8) is 0 Å². The van der Waals surface area contributed by atoms with Crippen LogP contribution < -0.4 is 0 Å². The Hall–Kier alpha value is -1.33. The fourth-order valence-corrected chi connectivity index (χ4v) is 3.30. The van der Waals surface area contributed by atoms with E-state index in [1.807, 2.05) is 0 Å². The fraction of sp³-hybridized carbons (Fsp3) is 0.250. The van der Waals surface area contributed by atoms with Gasteiger partial charge in [-0.05, 0) is 18.2 Å². The molecule has 18 heavy (non-hydrogen) atoms. The summed E-state index contributed by atoms with van der Waals surface area (Å²) in [7, 11) is 0. The van der Waals surface area contributed by atoms with Gasteiger partial charge in [-0.2, -0.15) is 0 Å². The van der Waals surface area contributed by atoms with E-state index in [1.54, 1.807) is 19.1 Å². The van der Waals surface area contributed by atoms with Gasteiger partial charge >= 0.3 is 5.97 Å². The maximum atomic E-state index is 12.2. The third-order valence-electron chi connectivity index (χ3n) is 2.77. The maximum Gasteiger partial charge on any atom is 0.373 e. The van der Waals surface area contributed by atoms with E-state index in [0.29, 0.717) is 10.6 Å². The number of carboxylic acids is 1. The highest BCUT2D eigenvalue weighted by Crippen LogP contribution is 2.39. The number of benzene rings is 1. The summed E-state index contributed by atoms with van der Waals surface area (Å²) in [6.07, 6.45) is 0. The number of fused-ring (bicyclic) bond motifs is 1. The molecule has 2 rings (SSSR count). The summed E-state index contributed by atoms with van der Waals surface area (Å²) < 4.78 is 0. The Bertz CT molecular complexity index is 555. The minimum atomic E-state index is -1.58. The Morgan fingerprint density at radius 2 is 2.06 bits per heavy atom. The summed E-state index contributed by atoms with van der Waals surface area (Å²) in [6, 6.07) is 4.84. The number of hydrogen-bond acceptors (Lipinski definition) is 4. The molecule has 2 atom stereocenters. The monoisotopic (exact) mass is 284 g/mol. The topological polar surface area (TPSA) is 71.4 Å². The third kappa shape index (κ3) is 2.15. The highest BCUT2D eigenvalue weighted by atomic mass is 35.5. The molecule has 0 saturated carbocycles. The molecule has 1 aromatic rings. The summed E-state index contributed by atoms with van der Waals surface area (Å²) in [5.74, 6) is -4.25. The van der Waals surface area contributed by atoms with Gasteiger partial charge in [-0.1, -0.05) is 18.5 Å². The van der Waals surface area contributed by atoms with Crippen LogP contribution in [0.2, 0.25) is 5.02 Å². The molecular formula is C12H9ClO4S. The first-order valence-electron chi connectivity index (χ1n) is 5.19. The zero-order valence-corrected chi connectivity index (χ0v) is 10.9. The van der Waals surface area contributed by atoms with Crippen molar-refractivity contribution in [2.45, 2.75) is 17.1 Å². The summed E-state index contributed by atoms with van der Waals surface area (Å²) >= 11 is 7.12. The maximum absolute atomic E-state index is 12.2. The fourth-order valence-electron chi connectivity index (χ4n) is 1.91. The van der Waals surface area contributed by atoms with E-state index < -0.39 is 28.7 Å². The van der Waals surface area contributed by atoms with Crippen LogP contribution in [0, 0.1) is 5.92 Å². The Morgan fingerprint density at radius 3 is 2.67 bits per heavy atom. The average molecular weight is 285 g/mol. The van der Waals surface area contributed by atoms with Crippen molar-refractivity contribution in [1.29, 1.82) is 0 Å². The Labute approximate surface area is 112 Å². The molecule has 1 aliphatic rings. The lowest BCUT2D eigenvalue weighted by molar-refractivity contribution is -0.150. The number of halogens is 1. The Balaban J connectivity index is 2.47. The van der Waals surface area contributed by atoms with E-state index in [-0.39, 0.29) is 0 Å². The lowest BCUT2D eigenvalue weighted by atomic mass is 9.90. The first kappa shape index (κ1) is 13.1. The zero-order chi connectivity index (χ0) is 13.4. The first-order chi connectivity index (χ1) is 8.41. The molecular weight excluding hydrogens is 276 g/mol. The van der Waals surface area contributed by atoms with Crippen LogP contribution in [-0.2, 0) is 9.59 Å². The van der Waals surface area contributed by atoms with Gasteiger partial charge in [0, 0.05) is 20.7 Å². The van der Waals surface area contributed by atoms with Gasteiger partial charge in [0.15, 0.2) is 5.78 Å². The lowest BCUT2D eigenvalue weighted by Crippen LogP contribution is -2.38. The van der Waals surface area contributed by atoms with Crippen LogP contribution in [-0.4, -0.2) is 27.9 Å². The van der Waals surface area contributed by atoms with Crippen molar-refractivity contribution < 1.29 is 19.5 Å². The molecule has 4 nitrogen and oxygen atoms in total. The van der Waals surface area contributed by atoms with Crippen molar-refractivity contribution in [1.82, 2.24) is 0 Å². The first-order valence-corrected chi connectivity index (χ1v) is 6.45. The highest BCUT2D eigenvalue weighted by Gasteiger charge is 2.41. The second-order valence-corrected chi connectivity index (χ2v) is 5.83. The van der Waals surface area contributed by atoms with Crippen LogP contribution in [0.4, 0.5) is 0 Å². The Morgan fingerprint density at radius 1 is 1.39 bits per heavy atom. The van der Waals surface area contributed by atoms with Crippen molar-refractivity contribution in [2.24, 2.45) is 5.92 Å². The largest absolute Gasteiger partial charge is 0.475 e. The predicted octanol–water partition coefficient (Wildman–Crippen LogP) is 2.29. The number of aliphatic carboxylic acids is 1. The van der Waals surface area contributed by atoms with Crippen molar-refractivity contribution in [3.8, 4) is 0 Å². The van der Waals surface area contributed by atoms with Crippen molar-refractivity contribution in [3.05, 3.63) is 28.8 Å². The van der Waals surface area contributed by atoms with E-state index in [9.17, 15) is 14.4 Å². The summed E-state index contributed by atoms with van der Waals surface area (Å²) in [5.41, 5.74) is 0.324. The van der Waals surface area contributed by atoms with Crippen LogP contribution in [0.15, 0.2) is 23.1 Å². The molecule has 0 aliphatic carbocycles. The number of carbonyl (C=O) groups is 3. The smallest absolute Gasteiger partial charge is 0.373 e. The van der Waals surface area contributed by atoms with Gasteiger partial charge in [-0.15, -0.1) is 11.8 Å². The molecule has 1 aromatic carbocycles. The number of thioether (sulfide) groups is 1. The molecule has 0 amide bonds. The van der Waals surface area contributed by atoms with Crippen molar-refractivity contribution >= 4 is 40.9 Å². The van der Waals surface area contributed by atoms with Gasteiger partial charge in [-0.3, -0.25) is 9.59 Å². The number of hydrogen-bond donors (Lipinski definition) is 1. The van der Waals surface area contributed by atoms with Crippen LogP contribution in [0.25, 0.3) is 0 Å². The molecule has 94 valence electrons. The molecule has 2 unspecified atom stereocenters. The van der Waals surface area contributed by atoms with E-state index in [4.69, 9.17) is 16.7 Å². The highest BCUT2D eigenvalue weighted by molar-refractivity contribution is 8.00. The normalized spacial score (nSPS) is 22.4. The van der Waals surface area contributed by atoms with Crippen LogP contribution in [0.1, 0.15) is 17.3 Å². The molecule has 6 heteroatoms. The average Bonchev–Trinajstić information content (AvgIpc) is 2.30. The summed E-state index contributed by atoms with van der Waals surface area (Å²) in [4.78, 5) is 35.2. The lowest BCUT2D eigenvalue weighted by Gasteiger charge is -2.26. The summed E-state index contributed by atoms with van der Waals surface area (Å²) in [5, 5.41) is 8.73. The van der Waals surface area contributed by atoms with Gasteiger partial charge in [-0.25, -0.2) is 4.79 Å². The van der Waals surface area contributed by atoms with Crippen LogP contribution in [0.5, 0.6) is 0 Å². The molecule has 0 fully saturated rings. The van der Waals surface area contributed by atoms with Gasteiger partial charge in [0.25, 0.3) is 5.78 Å². The SMILES string of the molecule is CC1Sc2ccc(Cl)cc2C(=O)C1C(=O)C(=O)O. The number of carbonyl (C=O) groups excluding carboxylic acids is 2. The van der Waals surface area contributed by atoms with Gasteiger partial charge in [0.05, 0.1) is 0 Å². The Kier molecular flexibility index (Phi) is 3.45. The molecule has 0 saturated heterocycles. The van der Waals surface area contributed by atoms with Gasteiger partial charge in [0.1, 0.15) is 5.92 Å². The molecule has 1 heterocycles. The van der Waals surface area contributed by atoms with Gasteiger partial charge < -0.3 is 5.11 Å². The summed E-state index contributed by atoms with van der Waals surface area (Å²) in [6.45, 7) is 1.67. The third-order valence-corrected chi connectivity index (χ3v) is 4.25. The zero-order valence-electron chi connectivity index (χ0n) is 9.34. The van der Waals surface area contributed by atoms with E-state index in [0.717, 1.165) is 4.90 Å². The van der Waals surface area contributed by atoms with Crippen LogP contribution >= 0.6 is 23.4 Å². The standard InChI is InChI=1S/C12H9ClO4S/c1-5-9(11(15)12(16)17)10(14)7-4-6(13)2-3-8(7)18-5/h2-5,9H,1H3,(H,16,17). The van der Waals surface area contributed by atoms with E-state index in [2.05, 4.69) is 0 Å². The minimum absolute atomic E-state index is 0.324.